The van der Waals surface area contributed by atoms with E-state index in [-0.39, 0.29) is 5.69 Å². The Bertz CT molecular complexity index is 644. The highest BCUT2D eigenvalue weighted by Crippen LogP contribution is 2.28. The maximum absolute atomic E-state index is 11.3. The molecule has 0 saturated carbocycles. The molecule has 0 aliphatic heterocycles. The van der Waals surface area contributed by atoms with Gasteiger partial charge in [0.2, 0.25) is 0 Å². The molecule has 2 rings (SSSR count). The number of carboxylic acids is 1. The van der Waals surface area contributed by atoms with Gasteiger partial charge in [-0.25, -0.2) is 9.48 Å². The zero-order valence-electron chi connectivity index (χ0n) is 11.9. The number of rotatable bonds is 5. The lowest BCUT2D eigenvalue weighted by Gasteiger charge is -2.07. The van der Waals surface area contributed by atoms with E-state index in [1.807, 2.05) is 20.9 Å². The Labute approximate surface area is 116 Å². The highest BCUT2D eigenvalue weighted by molar-refractivity contribution is 5.93. The molecule has 0 radical (unpaired) electrons. The first-order valence-corrected chi connectivity index (χ1v) is 6.13. The fourth-order valence-electron chi connectivity index (χ4n) is 2.16. The van der Waals surface area contributed by atoms with Crippen molar-refractivity contribution >= 4 is 5.97 Å². The first kappa shape index (κ1) is 14.2. The minimum atomic E-state index is -1.11. The second-order valence-electron chi connectivity index (χ2n) is 4.48. The van der Waals surface area contributed by atoms with Crippen molar-refractivity contribution in [3.05, 3.63) is 17.1 Å². The topological polar surface area (TPSA) is 95.1 Å². The fraction of sp³-hybridized carbons (Fsp3) is 0.500. The quantitative estimate of drug-likeness (QED) is 0.863. The Morgan fingerprint density at radius 1 is 1.40 bits per heavy atom. The Morgan fingerprint density at radius 3 is 2.60 bits per heavy atom. The standard InChI is InChI=1S/C12H17N5O3/c1-7-9(8(2)16(3)14-7)11-10(12(18)19)13-15-17(11)5-6-20-4/h5-6H2,1-4H3,(H,18,19). The van der Waals surface area contributed by atoms with E-state index in [1.165, 1.54) is 0 Å². The van der Waals surface area contributed by atoms with E-state index in [4.69, 9.17) is 4.74 Å². The molecule has 0 atom stereocenters. The van der Waals surface area contributed by atoms with E-state index in [9.17, 15) is 9.90 Å². The number of nitrogens with zero attached hydrogens (tertiary/aromatic N) is 5. The number of carbonyl (C=O) groups is 1. The number of aromatic carboxylic acids is 1. The molecule has 1 N–H and O–H groups in total. The molecule has 0 amide bonds. The smallest absolute Gasteiger partial charge is 0.358 e. The van der Waals surface area contributed by atoms with Crippen LogP contribution >= 0.6 is 0 Å². The summed E-state index contributed by atoms with van der Waals surface area (Å²) in [6.45, 7) is 4.57. The number of aromatic nitrogens is 5. The van der Waals surface area contributed by atoms with E-state index in [2.05, 4.69) is 15.4 Å². The zero-order chi connectivity index (χ0) is 14.9. The van der Waals surface area contributed by atoms with Crippen LogP contribution in [0.3, 0.4) is 0 Å². The number of hydrogen-bond acceptors (Lipinski definition) is 5. The van der Waals surface area contributed by atoms with Gasteiger partial charge in [0.25, 0.3) is 0 Å². The highest BCUT2D eigenvalue weighted by Gasteiger charge is 2.25. The van der Waals surface area contributed by atoms with Gasteiger partial charge in [0.05, 0.1) is 18.8 Å². The number of carboxylic acid groups (broad SMARTS) is 1. The molecule has 20 heavy (non-hydrogen) atoms. The minimum absolute atomic E-state index is 0.0692. The second kappa shape index (κ2) is 5.41. The maximum Gasteiger partial charge on any atom is 0.358 e. The highest BCUT2D eigenvalue weighted by atomic mass is 16.5. The van der Waals surface area contributed by atoms with Crippen LogP contribution in [-0.2, 0) is 18.3 Å². The summed E-state index contributed by atoms with van der Waals surface area (Å²) in [7, 11) is 3.39. The molecule has 2 aromatic rings. The summed E-state index contributed by atoms with van der Waals surface area (Å²) in [6.07, 6.45) is 0. The summed E-state index contributed by atoms with van der Waals surface area (Å²) in [5, 5.41) is 21.3. The van der Waals surface area contributed by atoms with E-state index in [0.29, 0.717) is 18.8 Å². The van der Waals surface area contributed by atoms with Crippen LogP contribution in [-0.4, -0.2) is 49.6 Å². The molecule has 8 nitrogen and oxygen atoms in total. The molecule has 0 fully saturated rings. The van der Waals surface area contributed by atoms with Gasteiger partial charge in [0.1, 0.15) is 5.69 Å². The third-order valence-corrected chi connectivity index (χ3v) is 3.19. The van der Waals surface area contributed by atoms with Crippen molar-refractivity contribution in [2.24, 2.45) is 7.05 Å². The van der Waals surface area contributed by atoms with Gasteiger partial charge in [-0.1, -0.05) is 5.21 Å². The third kappa shape index (κ3) is 2.29. The number of methoxy groups -OCH3 is 1. The van der Waals surface area contributed by atoms with Crippen molar-refractivity contribution in [3.63, 3.8) is 0 Å². The van der Waals surface area contributed by atoms with Gasteiger partial charge in [-0.3, -0.25) is 4.68 Å². The Balaban J connectivity index is 2.63. The molecule has 0 unspecified atom stereocenters. The van der Waals surface area contributed by atoms with Gasteiger partial charge < -0.3 is 9.84 Å². The SMILES string of the molecule is COCCn1nnc(C(=O)O)c1-c1c(C)nn(C)c1C. The molecular weight excluding hydrogens is 262 g/mol. The summed E-state index contributed by atoms with van der Waals surface area (Å²) in [4.78, 5) is 11.3. The average Bonchev–Trinajstić information content (AvgIpc) is 2.89. The second-order valence-corrected chi connectivity index (χ2v) is 4.48. The molecular formula is C12H17N5O3. The van der Waals surface area contributed by atoms with Crippen molar-refractivity contribution in [1.82, 2.24) is 24.8 Å². The van der Waals surface area contributed by atoms with E-state index < -0.39 is 5.97 Å². The van der Waals surface area contributed by atoms with E-state index >= 15 is 0 Å². The van der Waals surface area contributed by atoms with Crippen LogP contribution in [0.15, 0.2) is 0 Å². The van der Waals surface area contributed by atoms with Crippen molar-refractivity contribution in [3.8, 4) is 11.3 Å². The van der Waals surface area contributed by atoms with Crippen molar-refractivity contribution in [2.75, 3.05) is 13.7 Å². The van der Waals surface area contributed by atoms with Crippen molar-refractivity contribution < 1.29 is 14.6 Å². The van der Waals surface area contributed by atoms with E-state index in [1.54, 1.807) is 16.5 Å². The normalized spacial score (nSPS) is 11.0. The van der Waals surface area contributed by atoms with Crippen LogP contribution in [0.5, 0.6) is 0 Å². The molecule has 0 aliphatic carbocycles. The van der Waals surface area contributed by atoms with Crippen molar-refractivity contribution in [2.45, 2.75) is 20.4 Å². The number of aryl methyl sites for hydroxylation is 2. The zero-order valence-corrected chi connectivity index (χ0v) is 11.9. The first-order valence-electron chi connectivity index (χ1n) is 6.13. The van der Waals surface area contributed by atoms with Crippen molar-refractivity contribution in [1.29, 1.82) is 0 Å². The lowest BCUT2D eigenvalue weighted by Crippen LogP contribution is -2.09. The molecule has 8 heteroatoms. The summed E-state index contributed by atoms with van der Waals surface area (Å²) in [5.41, 5.74) is 2.77. The van der Waals surface area contributed by atoms with Crippen LogP contribution in [0.2, 0.25) is 0 Å². The molecule has 108 valence electrons. The molecule has 2 aromatic heterocycles. The summed E-state index contributed by atoms with van der Waals surface area (Å²) < 4.78 is 8.27. The van der Waals surface area contributed by atoms with Gasteiger partial charge in [-0.05, 0) is 13.8 Å². The largest absolute Gasteiger partial charge is 0.476 e. The summed E-state index contributed by atoms with van der Waals surface area (Å²) >= 11 is 0. The van der Waals surface area contributed by atoms with Crippen LogP contribution in [0.25, 0.3) is 11.3 Å². The number of hydrogen-bond donors (Lipinski definition) is 1. The lowest BCUT2D eigenvalue weighted by atomic mass is 10.1. The molecule has 0 aliphatic rings. The van der Waals surface area contributed by atoms with E-state index in [0.717, 1.165) is 17.0 Å². The predicted molar refractivity (Wildman–Crippen MR) is 70.5 cm³/mol. The molecule has 0 aromatic carbocycles. The molecule has 0 saturated heterocycles. The van der Waals surface area contributed by atoms with Gasteiger partial charge >= 0.3 is 5.97 Å². The van der Waals surface area contributed by atoms with Crippen LogP contribution in [0.1, 0.15) is 21.9 Å². The van der Waals surface area contributed by atoms with Gasteiger partial charge in [0, 0.05) is 25.4 Å². The lowest BCUT2D eigenvalue weighted by molar-refractivity contribution is 0.0691. The fourth-order valence-corrected chi connectivity index (χ4v) is 2.16. The number of ether oxygens (including phenoxy) is 1. The maximum atomic E-state index is 11.3. The Hall–Kier alpha value is -2.22. The van der Waals surface area contributed by atoms with Crippen LogP contribution in [0, 0.1) is 13.8 Å². The average molecular weight is 279 g/mol. The molecule has 2 heterocycles. The van der Waals surface area contributed by atoms with Gasteiger partial charge in [-0.2, -0.15) is 5.10 Å². The molecule has 0 spiro atoms. The monoisotopic (exact) mass is 279 g/mol. The van der Waals surface area contributed by atoms with Gasteiger partial charge in [-0.15, -0.1) is 5.10 Å². The van der Waals surface area contributed by atoms with Gasteiger partial charge in [0.15, 0.2) is 5.69 Å². The first-order chi connectivity index (χ1) is 9.47. The Kier molecular flexibility index (Phi) is 3.84. The minimum Gasteiger partial charge on any atom is -0.476 e. The summed E-state index contributed by atoms with van der Waals surface area (Å²) in [6, 6.07) is 0. The summed E-state index contributed by atoms with van der Waals surface area (Å²) in [5.74, 6) is -1.11. The Morgan fingerprint density at radius 2 is 2.10 bits per heavy atom. The van der Waals surface area contributed by atoms with Crippen LogP contribution < -0.4 is 0 Å². The molecule has 0 bridgehead atoms. The van der Waals surface area contributed by atoms with Crippen LogP contribution in [0.4, 0.5) is 0 Å². The predicted octanol–water partition coefficient (Wildman–Crippen LogP) is 0.640. The third-order valence-electron chi connectivity index (χ3n) is 3.19.